The van der Waals surface area contributed by atoms with Crippen LogP contribution in [0, 0.1) is 6.92 Å². The molecule has 3 rings (SSSR count). The van der Waals surface area contributed by atoms with Crippen LogP contribution in [-0.2, 0) is 10.3 Å². The minimum Gasteiger partial charge on any atom is -0.465 e. The van der Waals surface area contributed by atoms with Gasteiger partial charge in [0.1, 0.15) is 0 Å². The van der Waals surface area contributed by atoms with Crippen molar-refractivity contribution in [1.82, 2.24) is 5.01 Å². The molecule has 29 heavy (non-hydrogen) atoms. The van der Waals surface area contributed by atoms with E-state index in [4.69, 9.17) is 27.9 Å². The van der Waals surface area contributed by atoms with Crippen LogP contribution >= 0.6 is 23.2 Å². The van der Waals surface area contributed by atoms with Gasteiger partial charge in [0.2, 0.25) is 0 Å². The molecule has 0 saturated carbocycles. The van der Waals surface area contributed by atoms with Crippen molar-refractivity contribution in [1.29, 1.82) is 0 Å². The normalized spacial score (nSPS) is 19.3. The summed E-state index contributed by atoms with van der Waals surface area (Å²) in [6, 6.07) is 8.58. The number of alkyl halides is 3. The Bertz CT molecular complexity index is 987. The molecule has 154 valence electrons. The van der Waals surface area contributed by atoms with Crippen molar-refractivity contribution < 1.29 is 22.7 Å². The fraction of sp³-hybridized carbons (Fsp3) is 0.300. The van der Waals surface area contributed by atoms with Crippen LogP contribution in [0.2, 0.25) is 10.0 Å². The second-order valence-electron chi connectivity index (χ2n) is 6.78. The minimum absolute atomic E-state index is 0.0911. The van der Waals surface area contributed by atoms with Gasteiger partial charge in [0.05, 0.1) is 18.4 Å². The van der Waals surface area contributed by atoms with E-state index in [2.05, 4.69) is 5.10 Å². The van der Waals surface area contributed by atoms with Crippen molar-refractivity contribution in [2.24, 2.45) is 5.10 Å². The second-order valence-corrected chi connectivity index (χ2v) is 7.66. The van der Waals surface area contributed by atoms with Gasteiger partial charge in [-0.15, -0.1) is 0 Å². The van der Waals surface area contributed by atoms with Gasteiger partial charge in [0.15, 0.2) is 5.54 Å². The average molecular weight is 445 g/mol. The number of hydrogen-bond acceptors (Lipinski definition) is 4. The van der Waals surface area contributed by atoms with Gasteiger partial charge in [-0.2, -0.15) is 18.3 Å². The van der Waals surface area contributed by atoms with Gasteiger partial charge in [-0.05, 0) is 53.9 Å². The fourth-order valence-electron chi connectivity index (χ4n) is 3.53. The van der Waals surface area contributed by atoms with Crippen LogP contribution in [0.3, 0.4) is 0 Å². The summed E-state index contributed by atoms with van der Waals surface area (Å²) < 4.78 is 47.7. The SMILES string of the molecule is COC(=O)c1ccc(C2=NN(C)C(c3cc(Cl)cc(Cl)c3)(C(F)(F)F)C2)cc1C. The van der Waals surface area contributed by atoms with E-state index < -0.39 is 24.1 Å². The van der Waals surface area contributed by atoms with Crippen LogP contribution in [0.5, 0.6) is 0 Å². The highest BCUT2D eigenvalue weighted by molar-refractivity contribution is 6.34. The molecule has 4 nitrogen and oxygen atoms in total. The molecular formula is C20H17Cl2F3N2O2. The van der Waals surface area contributed by atoms with E-state index in [0.29, 0.717) is 16.7 Å². The number of aryl methyl sites for hydroxylation is 1. The molecule has 1 aliphatic rings. The summed E-state index contributed by atoms with van der Waals surface area (Å²) in [6.07, 6.45) is -5.08. The Morgan fingerprint density at radius 1 is 1.17 bits per heavy atom. The van der Waals surface area contributed by atoms with Crippen LogP contribution in [0.1, 0.15) is 33.5 Å². The Kier molecular flexibility index (Phi) is 5.58. The van der Waals surface area contributed by atoms with E-state index in [0.717, 1.165) is 5.01 Å². The average Bonchev–Trinajstić information content (AvgIpc) is 2.98. The van der Waals surface area contributed by atoms with Gasteiger partial charge in [0.25, 0.3) is 0 Å². The lowest BCUT2D eigenvalue weighted by atomic mass is 9.83. The van der Waals surface area contributed by atoms with E-state index >= 15 is 0 Å². The van der Waals surface area contributed by atoms with E-state index in [1.54, 1.807) is 19.1 Å². The quantitative estimate of drug-likeness (QED) is 0.579. The predicted octanol–water partition coefficient (Wildman–Crippen LogP) is 5.59. The number of hydrogen-bond donors (Lipinski definition) is 0. The third kappa shape index (κ3) is 3.69. The van der Waals surface area contributed by atoms with Crippen molar-refractivity contribution in [2.75, 3.05) is 14.2 Å². The standard InChI is InChI=1S/C20H17Cl2F3N2O2/c1-11-6-12(4-5-16(11)18(28)29-3)17-10-19(20(23,24)25,27(2)26-17)13-7-14(21)9-15(22)8-13/h4-9H,10H2,1-3H3. The largest absolute Gasteiger partial charge is 0.465 e. The number of ether oxygens (including phenoxy) is 1. The number of benzene rings is 2. The van der Waals surface area contributed by atoms with Gasteiger partial charge in [-0.25, -0.2) is 4.79 Å². The molecule has 0 N–H and O–H groups in total. The molecular weight excluding hydrogens is 428 g/mol. The summed E-state index contributed by atoms with van der Waals surface area (Å²) in [5.74, 6) is -0.516. The van der Waals surface area contributed by atoms with Crippen LogP contribution in [0.25, 0.3) is 0 Å². The number of methoxy groups -OCH3 is 1. The van der Waals surface area contributed by atoms with Crippen molar-refractivity contribution in [2.45, 2.75) is 25.1 Å². The molecule has 1 aliphatic heterocycles. The molecule has 9 heteroatoms. The Hall–Kier alpha value is -2.25. The Balaban J connectivity index is 2.07. The predicted molar refractivity (Wildman–Crippen MR) is 106 cm³/mol. The minimum atomic E-state index is -4.65. The molecule has 0 spiro atoms. The lowest BCUT2D eigenvalue weighted by molar-refractivity contribution is -0.227. The maximum atomic E-state index is 14.3. The zero-order valence-corrected chi connectivity index (χ0v) is 17.3. The van der Waals surface area contributed by atoms with Gasteiger partial charge >= 0.3 is 12.1 Å². The summed E-state index contributed by atoms with van der Waals surface area (Å²) in [4.78, 5) is 11.8. The van der Waals surface area contributed by atoms with E-state index in [1.807, 2.05) is 0 Å². The molecule has 0 aliphatic carbocycles. The van der Waals surface area contributed by atoms with E-state index in [-0.39, 0.29) is 21.3 Å². The van der Waals surface area contributed by atoms with E-state index in [1.165, 1.54) is 38.4 Å². The number of carbonyl (C=O) groups is 1. The number of rotatable bonds is 3. The first-order valence-corrected chi connectivity index (χ1v) is 9.29. The highest BCUT2D eigenvalue weighted by Gasteiger charge is 2.62. The summed E-state index contributed by atoms with van der Waals surface area (Å²) in [5, 5.41) is 5.29. The molecule has 0 aromatic heterocycles. The zero-order valence-electron chi connectivity index (χ0n) is 15.8. The van der Waals surface area contributed by atoms with E-state index in [9.17, 15) is 18.0 Å². The molecule has 1 heterocycles. The lowest BCUT2D eigenvalue weighted by Crippen LogP contribution is -2.50. The van der Waals surface area contributed by atoms with Crippen molar-refractivity contribution in [3.8, 4) is 0 Å². The summed E-state index contributed by atoms with van der Waals surface area (Å²) >= 11 is 11.9. The molecule has 0 amide bonds. The van der Waals surface area contributed by atoms with Crippen LogP contribution in [0.15, 0.2) is 41.5 Å². The smallest absolute Gasteiger partial charge is 0.417 e. The molecule has 1 atom stereocenters. The Morgan fingerprint density at radius 2 is 1.79 bits per heavy atom. The summed E-state index contributed by atoms with van der Waals surface area (Å²) in [6.45, 7) is 1.68. The number of nitrogens with zero attached hydrogens (tertiary/aromatic N) is 2. The van der Waals surface area contributed by atoms with Crippen molar-refractivity contribution in [3.05, 3.63) is 68.7 Å². The lowest BCUT2D eigenvalue weighted by Gasteiger charge is -2.37. The zero-order chi connectivity index (χ0) is 21.6. The third-order valence-corrected chi connectivity index (χ3v) is 5.46. The Labute approximate surface area is 175 Å². The number of hydrazone groups is 1. The maximum Gasteiger partial charge on any atom is 0.417 e. The molecule has 2 aromatic rings. The first kappa shape index (κ1) is 21.5. The number of carbonyl (C=O) groups excluding carboxylic acids is 1. The Morgan fingerprint density at radius 3 is 2.31 bits per heavy atom. The third-order valence-electron chi connectivity index (χ3n) is 5.02. The molecule has 0 radical (unpaired) electrons. The maximum absolute atomic E-state index is 14.3. The molecule has 0 bridgehead atoms. The van der Waals surface area contributed by atoms with Gasteiger partial charge in [-0.1, -0.05) is 29.3 Å². The van der Waals surface area contributed by atoms with Crippen molar-refractivity contribution >= 4 is 34.9 Å². The van der Waals surface area contributed by atoms with Gasteiger partial charge < -0.3 is 4.74 Å². The molecule has 2 aromatic carbocycles. The number of esters is 1. The number of halogens is 5. The van der Waals surface area contributed by atoms with Crippen LogP contribution in [-0.4, -0.2) is 37.0 Å². The monoisotopic (exact) mass is 444 g/mol. The first-order valence-electron chi connectivity index (χ1n) is 8.53. The molecule has 0 fully saturated rings. The first-order chi connectivity index (χ1) is 13.5. The molecule has 0 saturated heterocycles. The fourth-order valence-corrected chi connectivity index (χ4v) is 4.06. The van der Waals surface area contributed by atoms with Gasteiger partial charge in [0, 0.05) is 23.5 Å². The highest BCUT2D eigenvalue weighted by atomic mass is 35.5. The topological polar surface area (TPSA) is 41.9 Å². The second kappa shape index (κ2) is 7.54. The van der Waals surface area contributed by atoms with Crippen LogP contribution in [0.4, 0.5) is 13.2 Å². The highest BCUT2D eigenvalue weighted by Crippen LogP contribution is 2.50. The summed E-state index contributed by atoms with van der Waals surface area (Å²) in [5.41, 5.74) is -0.860. The van der Waals surface area contributed by atoms with Gasteiger partial charge in [-0.3, -0.25) is 5.01 Å². The van der Waals surface area contributed by atoms with Crippen molar-refractivity contribution in [3.63, 3.8) is 0 Å². The van der Waals surface area contributed by atoms with Crippen LogP contribution < -0.4 is 0 Å². The molecule has 1 unspecified atom stereocenters. The summed E-state index contributed by atoms with van der Waals surface area (Å²) in [7, 11) is 2.53.